The summed E-state index contributed by atoms with van der Waals surface area (Å²) < 4.78 is 10.5. The molecule has 0 saturated carbocycles. The van der Waals surface area contributed by atoms with Crippen molar-refractivity contribution < 1.29 is 23.9 Å². The van der Waals surface area contributed by atoms with Crippen LogP contribution >= 0.6 is 11.3 Å². The number of nitrogens with zero attached hydrogens (tertiary/aromatic N) is 2. The summed E-state index contributed by atoms with van der Waals surface area (Å²) in [5.41, 5.74) is 1.04. The maximum absolute atomic E-state index is 12.6. The molecule has 2 heterocycles. The average molecular weight is 502 g/mol. The molecule has 9 heteroatoms. The lowest BCUT2D eigenvalue weighted by molar-refractivity contribution is -0.132. The first-order valence-electron chi connectivity index (χ1n) is 12.3. The summed E-state index contributed by atoms with van der Waals surface area (Å²) in [7, 11) is 1.58. The Morgan fingerprint density at radius 2 is 1.86 bits per heavy atom. The number of likely N-dealkylation sites (tertiary alicyclic amines) is 1. The fourth-order valence-corrected chi connectivity index (χ4v) is 4.94. The van der Waals surface area contributed by atoms with Crippen molar-refractivity contribution in [2.24, 2.45) is 0 Å². The molecule has 2 aromatic rings. The predicted molar refractivity (Wildman–Crippen MR) is 135 cm³/mol. The van der Waals surface area contributed by atoms with Gasteiger partial charge in [0.1, 0.15) is 11.4 Å². The fourth-order valence-electron chi connectivity index (χ4n) is 3.97. The lowest BCUT2D eigenvalue weighted by Crippen LogP contribution is -2.38. The minimum Gasteiger partial charge on any atom is -0.497 e. The summed E-state index contributed by atoms with van der Waals surface area (Å²) in [6.45, 7) is 5.30. The highest BCUT2D eigenvalue weighted by Crippen LogP contribution is 2.30. The highest BCUT2D eigenvalue weighted by molar-refractivity contribution is 7.09. The summed E-state index contributed by atoms with van der Waals surface area (Å²) in [4.78, 5) is 43.8. The number of ketones is 1. The van der Waals surface area contributed by atoms with E-state index in [1.54, 1.807) is 36.8 Å². The molecule has 1 saturated heterocycles. The number of rotatable bonds is 13. The normalized spacial score (nSPS) is 14.1. The van der Waals surface area contributed by atoms with E-state index in [0.717, 1.165) is 37.3 Å². The highest BCUT2D eigenvalue weighted by Gasteiger charge is 2.26. The molecule has 0 atom stereocenters. The molecule has 35 heavy (non-hydrogen) atoms. The van der Waals surface area contributed by atoms with Crippen molar-refractivity contribution in [3.05, 3.63) is 45.9 Å². The number of carbonyl (C=O) groups is 3. The lowest BCUT2D eigenvalue weighted by Gasteiger charge is -2.31. The van der Waals surface area contributed by atoms with E-state index in [-0.39, 0.29) is 36.4 Å². The summed E-state index contributed by atoms with van der Waals surface area (Å²) in [5.74, 6) is 0.748. The molecule has 1 aromatic carbocycles. The zero-order valence-corrected chi connectivity index (χ0v) is 21.4. The molecule has 0 unspecified atom stereocenters. The Bertz CT molecular complexity index is 968. The van der Waals surface area contributed by atoms with Gasteiger partial charge in [-0.2, -0.15) is 0 Å². The zero-order chi connectivity index (χ0) is 25.0. The first kappa shape index (κ1) is 26.8. The Kier molecular flexibility index (Phi) is 10.7. The van der Waals surface area contributed by atoms with E-state index in [1.807, 2.05) is 4.90 Å². The van der Waals surface area contributed by atoms with Crippen LogP contribution in [0.1, 0.15) is 77.2 Å². The second kappa shape index (κ2) is 13.9. The number of methoxy groups -OCH3 is 1. The molecule has 1 aliphatic heterocycles. The van der Waals surface area contributed by atoms with Crippen LogP contribution in [0.3, 0.4) is 0 Å². The minimum atomic E-state index is -0.155. The van der Waals surface area contributed by atoms with E-state index in [4.69, 9.17) is 9.47 Å². The number of aromatic nitrogens is 1. The van der Waals surface area contributed by atoms with Crippen LogP contribution in [0.2, 0.25) is 0 Å². The number of benzene rings is 1. The van der Waals surface area contributed by atoms with Crippen LogP contribution in [-0.4, -0.2) is 67.4 Å². The van der Waals surface area contributed by atoms with Crippen LogP contribution in [0.5, 0.6) is 5.75 Å². The summed E-state index contributed by atoms with van der Waals surface area (Å²) >= 11 is 1.51. The third-order valence-electron chi connectivity index (χ3n) is 6.03. The topological polar surface area (TPSA) is 97.8 Å². The monoisotopic (exact) mass is 501 g/mol. The Morgan fingerprint density at radius 1 is 1.11 bits per heavy atom. The van der Waals surface area contributed by atoms with Gasteiger partial charge in [0.2, 0.25) is 5.91 Å². The van der Waals surface area contributed by atoms with Gasteiger partial charge in [0.15, 0.2) is 5.78 Å². The third kappa shape index (κ3) is 8.14. The van der Waals surface area contributed by atoms with Gasteiger partial charge in [0, 0.05) is 62.6 Å². The van der Waals surface area contributed by atoms with Gasteiger partial charge in [-0.25, -0.2) is 4.98 Å². The molecule has 0 aliphatic carbocycles. The summed E-state index contributed by atoms with van der Waals surface area (Å²) in [5, 5.41) is 5.65. The Labute approximate surface area is 211 Å². The van der Waals surface area contributed by atoms with Crippen LogP contribution < -0.4 is 10.1 Å². The van der Waals surface area contributed by atoms with E-state index in [9.17, 15) is 14.4 Å². The smallest absolute Gasteiger partial charge is 0.270 e. The van der Waals surface area contributed by atoms with Crippen LogP contribution in [0.4, 0.5) is 0 Å². The lowest BCUT2D eigenvalue weighted by atomic mass is 9.97. The minimum absolute atomic E-state index is 0.00688. The predicted octanol–water partition coefficient (Wildman–Crippen LogP) is 4.07. The van der Waals surface area contributed by atoms with Crippen LogP contribution in [0.15, 0.2) is 29.6 Å². The molecule has 1 aliphatic rings. The van der Waals surface area contributed by atoms with Gasteiger partial charge in [-0.15, -0.1) is 11.3 Å². The van der Waals surface area contributed by atoms with E-state index in [2.05, 4.69) is 17.2 Å². The first-order valence-corrected chi connectivity index (χ1v) is 13.2. The summed E-state index contributed by atoms with van der Waals surface area (Å²) in [6, 6.07) is 6.94. The number of Topliss-reactive ketones (excluding diaryl/α,β-unsaturated/α-hetero) is 1. The van der Waals surface area contributed by atoms with Crippen molar-refractivity contribution in [1.29, 1.82) is 0 Å². The number of thiazole rings is 1. The van der Waals surface area contributed by atoms with Crippen molar-refractivity contribution in [2.45, 2.75) is 51.4 Å². The molecule has 0 bridgehead atoms. The number of piperidine rings is 1. The molecule has 0 spiro atoms. The number of amides is 2. The van der Waals surface area contributed by atoms with Gasteiger partial charge in [-0.1, -0.05) is 6.92 Å². The second-order valence-corrected chi connectivity index (χ2v) is 9.49. The van der Waals surface area contributed by atoms with Gasteiger partial charge >= 0.3 is 0 Å². The van der Waals surface area contributed by atoms with Gasteiger partial charge in [0.25, 0.3) is 5.91 Å². The molecule has 8 nitrogen and oxygen atoms in total. The van der Waals surface area contributed by atoms with E-state index in [1.165, 1.54) is 11.3 Å². The average Bonchev–Trinajstić information content (AvgIpc) is 3.39. The Balaban J connectivity index is 1.38. The third-order valence-corrected chi connectivity index (χ3v) is 7.04. The van der Waals surface area contributed by atoms with Gasteiger partial charge < -0.3 is 19.7 Å². The Morgan fingerprint density at radius 3 is 2.54 bits per heavy atom. The molecule has 1 N–H and O–H groups in total. The van der Waals surface area contributed by atoms with Crippen molar-refractivity contribution in [3.63, 3.8) is 0 Å². The molecule has 2 amide bonds. The SMILES string of the molecule is CCCOCCCNC(=O)c1csc(C2CCN(C(=O)CCC(=O)c3ccc(OC)cc3)CC2)n1. The standard InChI is InChI=1S/C26H35N3O5S/c1-3-16-34-17-4-13-27-25(32)22-18-35-26(28-22)20-11-14-29(15-12-20)24(31)10-9-23(30)19-5-7-21(33-2)8-6-19/h5-8,18,20H,3-4,9-17H2,1-2H3,(H,27,32). The van der Waals surface area contributed by atoms with E-state index in [0.29, 0.717) is 43.2 Å². The number of ether oxygens (including phenoxy) is 2. The maximum atomic E-state index is 12.6. The van der Waals surface area contributed by atoms with Gasteiger partial charge in [0.05, 0.1) is 12.1 Å². The van der Waals surface area contributed by atoms with E-state index < -0.39 is 0 Å². The molecule has 0 radical (unpaired) electrons. The molecule has 190 valence electrons. The molecule has 1 fully saturated rings. The highest BCUT2D eigenvalue weighted by atomic mass is 32.1. The quantitative estimate of drug-likeness (QED) is 0.328. The second-order valence-electron chi connectivity index (χ2n) is 8.60. The first-order chi connectivity index (χ1) is 17.0. The van der Waals surface area contributed by atoms with Crippen molar-refractivity contribution in [3.8, 4) is 5.75 Å². The van der Waals surface area contributed by atoms with E-state index >= 15 is 0 Å². The molecule has 1 aromatic heterocycles. The molecular weight excluding hydrogens is 466 g/mol. The van der Waals surface area contributed by atoms with Gasteiger partial charge in [-0.3, -0.25) is 14.4 Å². The fraction of sp³-hybridized carbons (Fsp3) is 0.538. The molecular formula is C26H35N3O5S. The number of hydrogen-bond donors (Lipinski definition) is 1. The Hall–Kier alpha value is -2.78. The maximum Gasteiger partial charge on any atom is 0.270 e. The number of carbonyl (C=O) groups excluding carboxylic acids is 3. The zero-order valence-electron chi connectivity index (χ0n) is 20.6. The van der Waals surface area contributed by atoms with Crippen molar-refractivity contribution in [2.75, 3.05) is 40.0 Å². The van der Waals surface area contributed by atoms with Crippen molar-refractivity contribution in [1.82, 2.24) is 15.2 Å². The van der Waals surface area contributed by atoms with Crippen LogP contribution in [0.25, 0.3) is 0 Å². The number of hydrogen-bond acceptors (Lipinski definition) is 7. The van der Waals surface area contributed by atoms with Gasteiger partial charge in [-0.05, 0) is 49.9 Å². The molecule has 3 rings (SSSR count). The number of nitrogens with one attached hydrogen (secondary N) is 1. The van der Waals surface area contributed by atoms with Crippen LogP contribution in [0, 0.1) is 0 Å². The summed E-state index contributed by atoms with van der Waals surface area (Å²) in [6.07, 6.45) is 3.79. The largest absolute Gasteiger partial charge is 0.497 e. The van der Waals surface area contributed by atoms with Crippen LogP contribution in [-0.2, 0) is 9.53 Å². The van der Waals surface area contributed by atoms with Crippen molar-refractivity contribution >= 4 is 28.9 Å².